The van der Waals surface area contributed by atoms with E-state index in [4.69, 9.17) is 27.9 Å². The predicted octanol–water partition coefficient (Wildman–Crippen LogP) is 6.39. The first-order chi connectivity index (χ1) is 17.8. The van der Waals surface area contributed by atoms with Gasteiger partial charge < -0.3 is 10.1 Å². The molecule has 0 aliphatic carbocycles. The van der Waals surface area contributed by atoms with Crippen LogP contribution in [0.5, 0.6) is 5.75 Å². The minimum Gasteiger partial charge on any atom is -0.488 e. The molecule has 1 spiro atoms. The molecule has 3 aromatic rings. The van der Waals surface area contributed by atoms with Crippen molar-refractivity contribution >= 4 is 50.7 Å². The van der Waals surface area contributed by atoms with Crippen molar-refractivity contribution in [2.24, 2.45) is 0 Å². The Morgan fingerprint density at radius 2 is 1.97 bits per heavy atom. The fraction of sp³-hybridized carbons (Fsp3) is 0.296. The number of para-hydroxylation sites is 1. The zero-order valence-electron chi connectivity index (χ0n) is 19.5. The molecule has 3 aliphatic rings. The Morgan fingerprint density at radius 1 is 1.16 bits per heavy atom. The van der Waals surface area contributed by atoms with Crippen LogP contribution in [-0.2, 0) is 16.9 Å². The van der Waals surface area contributed by atoms with Gasteiger partial charge in [0.25, 0.3) is 11.9 Å². The third kappa shape index (κ3) is 3.76. The molecule has 0 radical (unpaired) electrons. The first-order valence-electron chi connectivity index (χ1n) is 12.0. The maximum Gasteiger partial charge on any atom is 0.256 e. The van der Waals surface area contributed by atoms with Crippen molar-refractivity contribution in [3.05, 3.63) is 102 Å². The number of anilines is 1. The molecule has 7 nitrogen and oxygen atoms in total. The summed E-state index contributed by atoms with van der Waals surface area (Å²) in [5, 5.41) is 16.7. The van der Waals surface area contributed by atoms with Gasteiger partial charge in [0, 0.05) is 44.4 Å². The number of ether oxygens (including phenoxy) is 1. The van der Waals surface area contributed by atoms with Crippen LogP contribution in [0.3, 0.4) is 0 Å². The lowest BCUT2D eigenvalue weighted by atomic mass is 9.77. The largest absolute Gasteiger partial charge is 0.488 e. The number of halogens is 3. The van der Waals surface area contributed by atoms with Crippen LogP contribution in [0.4, 0.5) is 5.69 Å². The Hall–Kier alpha value is -2.65. The van der Waals surface area contributed by atoms with Gasteiger partial charge in [-0.05, 0) is 64.7 Å². The second-order valence-electron chi connectivity index (χ2n) is 9.64. The molecule has 3 aliphatic heterocycles. The van der Waals surface area contributed by atoms with Gasteiger partial charge in [-0.1, -0.05) is 53.5 Å². The van der Waals surface area contributed by atoms with E-state index in [1.54, 1.807) is 12.1 Å². The maximum atomic E-state index is 13.6. The van der Waals surface area contributed by atoms with Gasteiger partial charge >= 0.3 is 0 Å². The summed E-state index contributed by atoms with van der Waals surface area (Å²) < 4.78 is 6.68. The summed E-state index contributed by atoms with van der Waals surface area (Å²) in [4.78, 5) is 28.1. The van der Waals surface area contributed by atoms with Crippen molar-refractivity contribution in [3.63, 3.8) is 0 Å². The molecule has 10 heteroatoms. The molecule has 2 fully saturated rings. The average Bonchev–Trinajstić information content (AvgIpc) is 3.52. The van der Waals surface area contributed by atoms with E-state index < -0.39 is 17.5 Å². The molecule has 0 unspecified atom stereocenters. The zero-order valence-corrected chi connectivity index (χ0v) is 22.6. The van der Waals surface area contributed by atoms with Crippen LogP contribution in [0.2, 0.25) is 10.0 Å². The first-order valence-corrected chi connectivity index (χ1v) is 13.5. The zero-order chi connectivity index (χ0) is 25.9. The Morgan fingerprint density at radius 3 is 2.73 bits per heavy atom. The van der Waals surface area contributed by atoms with E-state index in [0.717, 1.165) is 24.0 Å². The number of rotatable bonds is 5. The van der Waals surface area contributed by atoms with E-state index in [1.807, 2.05) is 48.5 Å². The Bertz CT molecular complexity index is 1440. The third-order valence-electron chi connectivity index (χ3n) is 7.83. The molecule has 3 heterocycles. The van der Waals surface area contributed by atoms with E-state index in [1.165, 1.54) is 0 Å². The van der Waals surface area contributed by atoms with Gasteiger partial charge in [-0.2, -0.15) is 0 Å². The summed E-state index contributed by atoms with van der Waals surface area (Å²) in [6.07, 6.45) is 1.67. The number of amides is 1. The molecule has 2 saturated heterocycles. The molecule has 0 aromatic heterocycles. The molecular formula is C27H22BrCl2N3O4. The van der Waals surface area contributed by atoms with E-state index in [2.05, 4.69) is 26.1 Å². The van der Waals surface area contributed by atoms with Crippen LogP contribution in [0.15, 0.2) is 65.1 Å². The summed E-state index contributed by atoms with van der Waals surface area (Å²) in [6, 6.07) is 16.9. The lowest BCUT2D eigenvalue weighted by Gasteiger charge is -2.32. The minimum atomic E-state index is -1.33. The number of fused-ring (bicyclic) bond motifs is 4. The molecule has 0 saturated carbocycles. The van der Waals surface area contributed by atoms with Crippen molar-refractivity contribution in [3.8, 4) is 5.75 Å². The summed E-state index contributed by atoms with van der Waals surface area (Å²) in [5.41, 5.74) is 1.60. The van der Waals surface area contributed by atoms with Gasteiger partial charge in [-0.3, -0.25) is 19.8 Å². The molecule has 0 bridgehead atoms. The van der Waals surface area contributed by atoms with E-state index in [0.29, 0.717) is 38.1 Å². The average molecular weight is 603 g/mol. The molecule has 37 heavy (non-hydrogen) atoms. The lowest BCUT2D eigenvalue weighted by molar-refractivity contribution is -0.534. The summed E-state index contributed by atoms with van der Waals surface area (Å²) in [5.74, 6) is -0.193. The Kier molecular flexibility index (Phi) is 6.18. The fourth-order valence-electron chi connectivity index (χ4n) is 6.41. The van der Waals surface area contributed by atoms with Gasteiger partial charge in [0.05, 0.1) is 10.4 Å². The standard InChI is InChI=1S/C27H22BrCl2N3O4/c28-19-12-15(8-10-23(19)37-14-16-7-9-17(29)13-20(16)30)24-22-6-3-11-32(22)27(25(24)33(35)36)18-4-1-2-5-21(18)31-26(27)34/h1-2,4-5,7-10,12-13,22,24-25H,3,6,11,14H2,(H,31,34)/t22-,24-,25+,27-/m0/s1. The highest BCUT2D eigenvalue weighted by Gasteiger charge is 2.73. The molecule has 3 aromatic carbocycles. The third-order valence-corrected chi connectivity index (χ3v) is 9.04. The Labute approximate surface area is 232 Å². The highest BCUT2D eigenvalue weighted by molar-refractivity contribution is 9.10. The number of hydrogen-bond acceptors (Lipinski definition) is 5. The number of carbonyl (C=O) groups excluding carboxylic acids is 1. The van der Waals surface area contributed by atoms with Crippen LogP contribution in [-0.4, -0.2) is 34.4 Å². The molecule has 1 amide bonds. The van der Waals surface area contributed by atoms with Crippen LogP contribution < -0.4 is 10.1 Å². The molecule has 1 N–H and O–H groups in total. The van der Waals surface area contributed by atoms with Gasteiger partial charge in [-0.15, -0.1) is 0 Å². The second-order valence-corrected chi connectivity index (χ2v) is 11.3. The molecule has 4 atom stereocenters. The second kappa shape index (κ2) is 9.27. The van der Waals surface area contributed by atoms with Crippen molar-refractivity contribution in [2.75, 3.05) is 11.9 Å². The fourth-order valence-corrected chi connectivity index (χ4v) is 7.38. The number of benzene rings is 3. The smallest absolute Gasteiger partial charge is 0.256 e. The van der Waals surface area contributed by atoms with Crippen LogP contribution in [0, 0.1) is 10.1 Å². The SMILES string of the molecule is O=C1Nc2ccccc2[C@]12[C@H]([N+](=O)[O-])[C@@H](c1ccc(OCc3ccc(Cl)cc3Cl)c(Br)c1)[C@@H]1CCCN12. The normalized spacial score (nSPS) is 26.2. The molecule has 6 rings (SSSR count). The topological polar surface area (TPSA) is 84.7 Å². The number of nitro groups is 1. The monoisotopic (exact) mass is 601 g/mol. The van der Waals surface area contributed by atoms with E-state index >= 15 is 0 Å². The summed E-state index contributed by atoms with van der Waals surface area (Å²) >= 11 is 15.9. The quantitative estimate of drug-likeness (QED) is 0.270. The van der Waals surface area contributed by atoms with Crippen LogP contribution in [0.1, 0.15) is 35.4 Å². The van der Waals surface area contributed by atoms with E-state index in [-0.39, 0.29) is 23.5 Å². The van der Waals surface area contributed by atoms with Gasteiger partial charge in [0.1, 0.15) is 12.4 Å². The first kappa shape index (κ1) is 24.7. The Balaban J connectivity index is 1.37. The highest BCUT2D eigenvalue weighted by Crippen LogP contribution is 2.58. The van der Waals surface area contributed by atoms with Crippen LogP contribution in [0.25, 0.3) is 0 Å². The summed E-state index contributed by atoms with van der Waals surface area (Å²) in [6.45, 7) is 0.878. The van der Waals surface area contributed by atoms with Crippen molar-refractivity contribution in [1.82, 2.24) is 4.90 Å². The van der Waals surface area contributed by atoms with Crippen molar-refractivity contribution in [1.29, 1.82) is 0 Å². The minimum absolute atomic E-state index is 0.126. The van der Waals surface area contributed by atoms with Gasteiger partial charge in [-0.25, -0.2) is 0 Å². The number of nitrogens with one attached hydrogen (secondary N) is 1. The lowest BCUT2D eigenvalue weighted by Crippen LogP contribution is -2.55. The van der Waals surface area contributed by atoms with Gasteiger partial charge in [0.15, 0.2) is 5.54 Å². The van der Waals surface area contributed by atoms with Gasteiger partial charge in [0.2, 0.25) is 0 Å². The van der Waals surface area contributed by atoms with E-state index in [9.17, 15) is 14.9 Å². The number of hydrogen-bond donors (Lipinski definition) is 1. The molecular weight excluding hydrogens is 581 g/mol. The number of carbonyl (C=O) groups is 1. The van der Waals surface area contributed by atoms with Crippen molar-refractivity contribution < 1.29 is 14.5 Å². The highest BCUT2D eigenvalue weighted by atomic mass is 79.9. The predicted molar refractivity (Wildman–Crippen MR) is 145 cm³/mol. The molecule has 190 valence electrons. The number of nitrogens with zero attached hydrogens (tertiary/aromatic N) is 2. The maximum absolute atomic E-state index is 13.6. The van der Waals surface area contributed by atoms with Crippen LogP contribution >= 0.6 is 39.1 Å². The summed E-state index contributed by atoms with van der Waals surface area (Å²) in [7, 11) is 0. The van der Waals surface area contributed by atoms with Crippen molar-refractivity contribution in [2.45, 2.75) is 43.0 Å².